The fourth-order valence-electron chi connectivity index (χ4n) is 1.33. The molecular formula is C9H22N2O2. The molecule has 0 radical (unpaired) electrons. The molecule has 0 aliphatic rings. The molecule has 0 aromatic rings. The van der Waals surface area contributed by atoms with E-state index in [4.69, 9.17) is 15.3 Å². The number of ether oxygens (including phenoxy) is 2. The third-order valence-corrected chi connectivity index (χ3v) is 1.98. The lowest BCUT2D eigenvalue weighted by Gasteiger charge is -2.30. The third-order valence-electron chi connectivity index (χ3n) is 1.98. The van der Waals surface area contributed by atoms with Crippen LogP contribution in [0.15, 0.2) is 0 Å². The van der Waals surface area contributed by atoms with Crippen LogP contribution >= 0.6 is 0 Å². The van der Waals surface area contributed by atoms with Gasteiger partial charge < -0.3 is 9.47 Å². The van der Waals surface area contributed by atoms with E-state index in [1.165, 1.54) is 0 Å². The quantitative estimate of drug-likeness (QED) is 0.369. The number of likely N-dealkylation sites (N-methyl/N-ethyl adjacent to an activating group) is 1. The van der Waals surface area contributed by atoms with Crippen LogP contribution in [-0.2, 0) is 9.47 Å². The van der Waals surface area contributed by atoms with E-state index in [1.807, 2.05) is 14.0 Å². The first kappa shape index (κ1) is 12.8. The SMILES string of the molecule is CCC[C@H](C(OC)OCC)N(C)N. The standard InChI is InChI=1S/C9H22N2O2/c1-5-7-8(11(3)10)9(12-4)13-6-2/h8-9H,5-7,10H2,1-4H3/t8-,9?/m1/s1. The van der Waals surface area contributed by atoms with Crippen LogP contribution in [0.3, 0.4) is 0 Å². The van der Waals surface area contributed by atoms with E-state index in [1.54, 1.807) is 12.1 Å². The molecule has 0 rings (SSSR count). The van der Waals surface area contributed by atoms with E-state index in [2.05, 4.69) is 6.92 Å². The van der Waals surface area contributed by atoms with Crippen molar-refractivity contribution in [3.8, 4) is 0 Å². The second-order valence-corrected chi connectivity index (χ2v) is 3.08. The van der Waals surface area contributed by atoms with Crippen LogP contribution in [0.1, 0.15) is 26.7 Å². The summed E-state index contributed by atoms with van der Waals surface area (Å²) in [6.07, 6.45) is 1.82. The molecule has 0 aliphatic heterocycles. The van der Waals surface area contributed by atoms with Crippen LogP contribution < -0.4 is 5.84 Å². The number of hydrazine groups is 1. The second-order valence-electron chi connectivity index (χ2n) is 3.08. The summed E-state index contributed by atoms with van der Waals surface area (Å²) in [5, 5.41) is 1.66. The van der Waals surface area contributed by atoms with Gasteiger partial charge in [-0.2, -0.15) is 0 Å². The van der Waals surface area contributed by atoms with Crippen LogP contribution in [-0.4, -0.2) is 38.1 Å². The molecule has 2 N–H and O–H groups in total. The van der Waals surface area contributed by atoms with Crippen molar-refractivity contribution in [1.29, 1.82) is 0 Å². The third kappa shape index (κ3) is 4.57. The molecule has 4 heteroatoms. The predicted molar refractivity (Wildman–Crippen MR) is 53.1 cm³/mol. The van der Waals surface area contributed by atoms with Crippen LogP contribution in [0.25, 0.3) is 0 Å². The zero-order valence-electron chi connectivity index (χ0n) is 9.12. The van der Waals surface area contributed by atoms with E-state index in [-0.39, 0.29) is 12.3 Å². The van der Waals surface area contributed by atoms with Gasteiger partial charge in [-0.05, 0) is 13.3 Å². The highest BCUT2D eigenvalue weighted by molar-refractivity contribution is 4.68. The number of hydrogen-bond acceptors (Lipinski definition) is 4. The number of rotatable bonds is 7. The average molecular weight is 190 g/mol. The summed E-state index contributed by atoms with van der Waals surface area (Å²) in [6, 6.07) is 0.134. The molecule has 2 atom stereocenters. The molecule has 0 saturated heterocycles. The van der Waals surface area contributed by atoms with E-state index in [9.17, 15) is 0 Å². The van der Waals surface area contributed by atoms with E-state index in [0.29, 0.717) is 6.61 Å². The Morgan fingerprint density at radius 1 is 1.38 bits per heavy atom. The highest BCUT2D eigenvalue weighted by Gasteiger charge is 2.22. The summed E-state index contributed by atoms with van der Waals surface area (Å²) in [7, 11) is 3.48. The maximum atomic E-state index is 5.70. The van der Waals surface area contributed by atoms with Crippen molar-refractivity contribution in [2.45, 2.75) is 39.0 Å². The normalized spacial score (nSPS) is 16.2. The van der Waals surface area contributed by atoms with E-state index < -0.39 is 0 Å². The van der Waals surface area contributed by atoms with Gasteiger partial charge in [0.25, 0.3) is 0 Å². The summed E-state index contributed by atoms with van der Waals surface area (Å²) in [5.74, 6) is 5.70. The first-order valence-electron chi connectivity index (χ1n) is 4.79. The summed E-state index contributed by atoms with van der Waals surface area (Å²) in [6.45, 7) is 4.72. The van der Waals surface area contributed by atoms with Crippen molar-refractivity contribution in [3.05, 3.63) is 0 Å². The van der Waals surface area contributed by atoms with Crippen molar-refractivity contribution in [2.24, 2.45) is 5.84 Å². The summed E-state index contributed by atoms with van der Waals surface area (Å²) in [5.41, 5.74) is 0. The monoisotopic (exact) mass is 190 g/mol. The molecule has 0 heterocycles. The molecule has 80 valence electrons. The van der Waals surface area contributed by atoms with Crippen molar-refractivity contribution in [1.82, 2.24) is 5.01 Å². The minimum absolute atomic E-state index is 0.134. The maximum Gasteiger partial charge on any atom is 0.173 e. The van der Waals surface area contributed by atoms with Gasteiger partial charge in [0.1, 0.15) is 0 Å². The van der Waals surface area contributed by atoms with Gasteiger partial charge in [-0.15, -0.1) is 0 Å². The lowest BCUT2D eigenvalue weighted by molar-refractivity contribution is -0.160. The Hall–Kier alpha value is -0.160. The van der Waals surface area contributed by atoms with Gasteiger partial charge in [-0.1, -0.05) is 13.3 Å². The molecule has 0 amide bonds. The van der Waals surface area contributed by atoms with Crippen molar-refractivity contribution in [2.75, 3.05) is 20.8 Å². The number of nitrogens with two attached hydrogens (primary N) is 1. The van der Waals surface area contributed by atoms with E-state index >= 15 is 0 Å². The van der Waals surface area contributed by atoms with Gasteiger partial charge in [-0.25, -0.2) is 5.01 Å². The van der Waals surface area contributed by atoms with Gasteiger partial charge in [0.05, 0.1) is 6.04 Å². The van der Waals surface area contributed by atoms with Crippen molar-refractivity contribution < 1.29 is 9.47 Å². The molecule has 0 bridgehead atoms. The molecule has 1 unspecified atom stereocenters. The summed E-state index contributed by atoms with van der Waals surface area (Å²) >= 11 is 0. The van der Waals surface area contributed by atoms with Crippen LogP contribution in [0.2, 0.25) is 0 Å². The predicted octanol–water partition coefficient (Wildman–Crippen LogP) is 0.970. The van der Waals surface area contributed by atoms with Gasteiger partial charge in [0, 0.05) is 20.8 Å². The maximum absolute atomic E-state index is 5.70. The topological polar surface area (TPSA) is 47.7 Å². The first-order chi connectivity index (χ1) is 6.17. The zero-order valence-corrected chi connectivity index (χ0v) is 9.12. The highest BCUT2D eigenvalue weighted by atomic mass is 16.7. The highest BCUT2D eigenvalue weighted by Crippen LogP contribution is 2.10. The molecule has 0 spiro atoms. The van der Waals surface area contributed by atoms with Gasteiger partial charge in [-0.3, -0.25) is 5.84 Å². The molecule has 0 aromatic heterocycles. The average Bonchev–Trinajstić information content (AvgIpc) is 2.10. The van der Waals surface area contributed by atoms with Crippen molar-refractivity contribution in [3.63, 3.8) is 0 Å². The van der Waals surface area contributed by atoms with Gasteiger partial charge >= 0.3 is 0 Å². The Morgan fingerprint density at radius 3 is 2.31 bits per heavy atom. The van der Waals surface area contributed by atoms with Gasteiger partial charge in [0.15, 0.2) is 6.29 Å². The van der Waals surface area contributed by atoms with Crippen LogP contribution in [0.5, 0.6) is 0 Å². The first-order valence-corrected chi connectivity index (χ1v) is 4.79. The second kappa shape index (κ2) is 7.26. The lowest BCUT2D eigenvalue weighted by atomic mass is 10.1. The molecule has 0 fully saturated rings. The Balaban J connectivity index is 4.11. The molecular weight excluding hydrogens is 168 g/mol. The Labute approximate surface area is 81.0 Å². The number of nitrogens with zero attached hydrogens (tertiary/aromatic N) is 1. The fraction of sp³-hybridized carbons (Fsp3) is 1.00. The Kier molecular flexibility index (Phi) is 7.17. The minimum atomic E-state index is -0.222. The zero-order chi connectivity index (χ0) is 10.3. The Morgan fingerprint density at radius 2 is 2.00 bits per heavy atom. The molecule has 0 aliphatic carbocycles. The molecule has 4 nitrogen and oxygen atoms in total. The van der Waals surface area contributed by atoms with E-state index in [0.717, 1.165) is 12.8 Å². The molecule has 0 saturated carbocycles. The Bertz CT molecular complexity index is 120. The number of methoxy groups -OCH3 is 1. The summed E-state index contributed by atoms with van der Waals surface area (Å²) < 4.78 is 10.6. The van der Waals surface area contributed by atoms with Crippen LogP contribution in [0.4, 0.5) is 0 Å². The van der Waals surface area contributed by atoms with Crippen LogP contribution in [0, 0.1) is 0 Å². The smallest absolute Gasteiger partial charge is 0.173 e. The largest absolute Gasteiger partial charge is 0.354 e. The number of hydrogen-bond donors (Lipinski definition) is 1. The van der Waals surface area contributed by atoms with Crippen molar-refractivity contribution >= 4 is 0 Å². The van der Waals surface area contributed by atoms with Gasteiger partial charge in [0.2, 0.25) is 0 Å². The summed E-state index contributed by atoms with van der Waals surface area (Å²) in [4.78, 5) is 0. The fourth-order valence-corrected chi connectivity index (χ4v) is 1.33. The molecule has 0 aromatic carbocycles. The minimum Gasteiger partial charge on any atom is -0.354 e. The molecule has 13 heavy (non-hydrogen) atoms. The lowest BCUT2D eigenvalue weighted by Crippen LogP contribution is -2.47.